The number of allylic oxidation sites excluding steroid dienone is 6. The molecule has 0 saturated carbocycles. The molecule has 0 aromatic heterocycles. The molecule has 1 atom stereocenters. The van der Waals surface area contributed by atoms with E-state index < -0.39 is 6.10 Å². The van der Waals surface area contributed by atoms with Gasteiger partial charge in [-0.3, -0.25) is 9.59 Å². The second-order valence-corrected chi connectivity index (χ2v) is 17.4. The Bertz CT molecular complexity index is 939. The molecule has 0 aromatic carbocycles. The lowest BCUT2D eigenvalue weighted by Gasteiger charge is -2.18. The predicted octanol–water partition coefficient (Wildman–Crippen LogP) is 17.4. The van der Waals surface area contributed by atoms with E-state index in [0.717, 1.165) is 51.4 Å². The van der Waals surface area contributed by atoms with Crippen LogP contribution in [0.5, 0.6) is 0 Å². The number of rotatable bonds is 48. The van der Waals surface area contributed by atoms with E-state index >= 15 is 0 Å². The van der Waals surface area contributed by atoms with E-state index in [9.17, 15) is 9.59 Å². The highest BCUT2D eigenvalue weighted by Crippen LogP contribution is 2.16. The molecule has 0 aliphatic carbocycles. The molecule has 0 aromatic rings. The van der Waals surface area contributed by atoms with Gasteiger partial charge < -0.3 is 14.2 Å². The molecule has 5 heteroatoms. The van der Waals surface area contributed by atoms with Gasteiger partial charge in [-0.2, -0.15) is 0 Å². The number of carbonyl (C=O) groups excluding carboxylic acids is 2. The number of hydrogen-bond donors (Lipinski definition) is 0. The van der Waals surface area contributed by atoms with Crippen molar-refractivity contribution in [2.45, 2.75) is 277 Å². The van der Waals surface area contributed by atoms with Gasteiger partial charge in [-0.25, -0.2) is 0 Å². The fourth-order valence-corrected chi connectivity index (χ4v) is 7.52. The smallest absolute Gasteiger partial charge is 0.306 e. The zero-order valence-corrected chi connectivity index (χ0v) is 39.8. The Morgan fingerprint density at radius 3 is 1.17 bits per heavy atom. The lowest BCUT2D eigenvalue weighted by atomic mass is 10.0. The quantitative estimate of drug-likeness (QED) is 0.0347. The molecule has 0 radical (unpaired) electrons. The van der Waals surface area contributed by atoms with Crippen molar-refractivity contribution in [1.82, 2.24) is 0 Å². The summed E-state index contributed by atoms with van der Waals surface area (Å²) in [6.45, 7) is 7.80. The van der Waals surface area contributed by atoms with Gasteiger partial charge >= 0.3 is 11.9 Å². The summed E-state index contributed by atoms with van der Waals surface area (Å²) in [4.78, 5) is 25.3. The predicted molar refractivity (Wildman–Crippen MR) is 256 cm³/mol. The Balaban J connectivity index is 4.27. The summed E-state index contributed by atoms with van der Waals surface area (Å²) >= 11 is 0. The van der Waals surface area contributed by atoms with Crippen LogP contribution < -0.4 is 0 Å². The first-order valence-corrected chi connectivity index (χ1v) is 26.0. The number of unbranched alkanes of at least 4 members (excludes halogenated alkanes) is 31. The maximum Gasteiger partial charge on any atom is 0.306 e. The van der Waals surface area contributed by atoms with Crippen LogP contribution in [0, 0.1) is 0 Å². The van der Waals surface area contributed by atoms with Crippen molar-refractivity contribution in [2.75, 3.05) is 19.8 Å². The Morgan fingerprint density at radius 2 is 0.712 bits per heavy atom. The first kappa shape index (κ1) is 57.1. The number of carbonyl (C=O) groups is 2. The molecule has 59 heavy (non-hydrogen) atoms. The van der Waals surface area contributed by atoms with Gasteiger partial charge in [-0.15, -0.1) is 0 Å². The van der Waals surface area contributed by atoms with Gasteiger partial charge in [0.25, 0.3) is 0 Å². The minimum Gasteiger partial charge on any atom is -0.462 e. The highest BCUT2D eigenvalue weighted by Gasteiger charge is 2.17. The Labute approximate surface area is 368 Å². The lowest BCUT2D eigenvalue weighted by molar-refractivity contribution is -0.163. The lowest BCUT2D eigenvalue weighted by Crippen LogP contribution is -2.30. The summed E-state index contributed by atoms with van der Waals surface area (Å²) in [6.07, 6.45) is 60.1. The molecule has 0 unspecified atom stereocenters. The maximum atomic E-state index is 12.8. The molecule has 0 saturated heterocycles. The van der Waals surface area contributed by atoms with E-state index in [4.69, 9.17) is 14.2 Å². The second-order valence-electron chi connectivity index (χ2n) is 17.4. The Morgan fingerprint density at radius 1 is 0.373 bits per heavy atom. The molecule has 0 rings (SSSR count). The number of esters is 2. The van der Waals surface area contributed by atoms with Crippen molar-refractivity contribution < 1.29 is 23.8 Å². The van der Waals surface area contributed by atoms with E-state index in [0.29, 0.717) is 19.4 Å². The summed E-state index contributed by atoms with van der Waals surface area (Å²) < 4.78 is 17.4. The molecule has 346 valence electrons. The van der Waals surface area contributed by atoms with Gasteiger partial charge in [0.05, 0.1) is 6.61 Å². The molecular formula is C54H100O5. The molecule has 0 spiro atoms. The zero-order valence-electron chi connectivity index (χ0n) is 39.8. The highest BCUT2D eigenvalue weighted by molar-refractivity contribution is 5.70. The minimum absolute atomic E-state index is 0.0716. The molecule has 0 aliphatic heterocycles. The van der Waals surface area contributed by atoms with E-state index in [1.165, 1.54) is 186 Å². The van der Waals surface area contributed by atoms with E-state index in [-0.39, 0.29) is 25.2 Å². The summed E-state index contributed by atoms with van der Waals surface area (Å²) in [6, 6.07) is 0. The van der Waals surface area contributed by atoms with E-state index in [1.807, 2.05) is 0 Å². The maximum absolute atomic E-state index is 12.8. The topological polar surface area (TPSA) is 61.8 Å². The minimum atomic E-state index is -0.544. The van der Waals surface area contributed by atoms with Crippen molar-refractivity contribution in [3.63, 3.8) is 0 Å². The van der Waals surface area contributed by atoms with Crippen molar-refractivity contribution in [2.24, 2.45) is 0 Å². The SMILES string of the molecule is CCCCC/C=C\C/C=C\C/C=C\CCCCC(=O)OC[C@@H](COCCCCCCCCCCCCCCCCCC)OC(=O)CCCCCCCCCCCCCC. The Kier molecular flexibility index (Phi) is 48.9. The van der Waals surface area contributed by atoms with Crippen LogP contribution in [0.15, 0.2) is 36.5 Å². The molecular weight excluding hydrogens is 729 g/mol. The van der Waals surface area contributed by atoms with Crippen molar-refractivity contribution in [3.05, 3.63) is 36.5 Å². The van der Waals surface area contributed by atoms with Crippen LogP contribution in [-0.4, -0.2) is 37.9 Å². The molecule has 5 nitrogen and oxygen atoms in total. The van der Waals surface area contributed by atoms with Crippen LogP contribution in [0.25, 0.3) is 0 Å². The first-order valence-electron chi connectivity index (χ1n) is 26.0. The normalized spacial score (nSPS) is 12.4. The van der Waals surface area contributed by atoms with Crippen molar-refractivity contribution >= 4 is 11.9 Å². The molecule has 0 bridgehead atoms. The van der Waals surface area contributed by atoms with Crippen LogP contribution in [-0.2, 0) is 23.8 Å². The first-order chi connectivity index (χ1) is 29.1. The summed E-state index contributed by atoms with van der Waals surface area (Å²) in [5.74, 6) is -0.427. The second kappa shape index (κ2) is 50.5. The summed E-state index contributed by atoms with van der Waals surface area (Å²) in [5, 5.41) is 0. The zero-order chi connectivity index (χ0) is 42.8. The highest BCUT2D eigenvalue weighted by atomic mass is 16.6. The molecule has 0 heterocycles. The Hall–Kier alpha value is -1.88. The van der Waals surface area contributed by atoms with Gasteiger partial charge in [0.1, 0.15) is 6.61 Å². The van der Waals surface area contributed by atoms with E-state index in [2.05, 4.69) is 57.2 Å². The van der Waals surface area contributed by atoms with Crippen LogP contribution in [0.2, 0.25) is 0 Å². The van der Waals surface area contributed by atoms with Crippen LogP contribution in [0.3, 0.4) is 0 Å². The largest absolute Gasteiger partial charge is 0.462 e. The standard InChI is InChI=1S/C54H100O5/c1-4-7-10-13-16-19-22-25-27-29-31-34-37-40-43-46-49-57-50-52(59-54(56)48-45-42-39-36-32-24-21-18-15-12-9-6-3)51-58-53(55)47-44-41-38-35-33-30-28-26-23-20-17-14-11-8-5-2/h17,20,26,28,33,35,52H,4-16,18-19,21-25,27,29-32,34,36-51H2,1-3H3/b20-17-,28-26-,35-33-/t52-/m1/s1. The summed E-state index contributed by atoms with van der Waals surface area (Å²) in [5.41, 5.74) is 0. The third kappa shape index (κ3) is 48.7. The van der Waals surface area contributed by atoms with Gasteiger partial charge in [0.15, 0.2) is 6.10 Å². The average Bonchev–Trinajstić information content (AvgIpc) is 3.24. The van der Waals surface area contributed by atoms with Crippen LogP contribution in [0.4, 0.5) is 0 Å². The molecule has 0 amide bonds. The van der Waals surface area contributed by atoms with Gasteiger partial charge in [0, 0.05) is 19.4 Å². The average molecular weight is 829 g/mol. The van der Waals surface area contributed by atoms with Gasteiger partial charge in [-0.05, 0) is 57.8 Å². The van der Waals surface area contributed by atoms with Crippen molar-refractivity contribution in [1.29, 1.82) is 0 Å². The van der Waals surface area contributed by atoms with Crippen molar-refractivity contribution in [3.8, 4) is 0 Å². The van der Waals surface area contributed by atoms with Crippen LogP contribution in [0.1, 0.15) is 271 Å². The summed E-state index contributed by atoms with van der Waals surface area (Å²) in [7, 11) is 0. The molecule has 0 fully saturated rings. The number of ether oxygens (including phenoxy) is 3. The van der Waals surface area contributed by atoms with Gasteiger partial charge in [-0.1, -0.05) is 237 Å². The van der Waals surface area contributed by atoms with E-state index in [1.54, 1.807) is 0 Å². The monoisotopic (exact) mass is 829 g/mol. The number of hydrogen-bond acceptors (Lipinski definition) is 5. The van der Waals surface area contributed by atoms with Gasteiger partial charge in [0.2, 0.25) is 0 Å². The third-order valence-corrected chi connectivity index (χ3v) is 11.4. The molecule has 0 aliphatic rings. The van der Waals surface area contributed by atoms with Crippen LogP contribution >= 0.6 is 0 Å². The fraction of sp³-hybridized carbons (Fsp3) is 0.852. The third-order valence-electron chi connectivity index (χ3n) is 11.4. The fourth-order valence-electron chi connectivity index (χ4n) is 7.52. The molecule has 0 N–H and O–H groups in total.